The first-order valence-electron chi connectivity index (χ1n) is 7.11. The summed E-state index contributed by atoms with van der Waals surface area (Å²) in [5.74, 6) is -0.372. The van der Waals surface area contributed by atoms with E-state index in [4.69, 9.17) is 22.9 Å². The molecule has 10 nitrogen and oxygen atoms in total. The molecule has 0 bridgehead atoms. The van der Waals surface area contributed by atoms with Gasteiger partial charge in [0.25, 0.3) is 0 Å². The van der Waals surface area contributed by atoms with Gasteiger partial charge < -0.3 is 33.6 Å². The van der Waals surface area contributed by atoms with Crippen LogP contribution < -0.4 is 33.6 Å². The van der Waals surface area contributed by atoms with Gasteiger partial charge in [0, 0.05) is 13.1 Å². The molecule has 2 atom stereocenters. The first-order chi connectivity index (χ1) is 10.4. The molecule has 1 saturated heterocycles. The Balaban J connectivity index is 2.34. The molecule has 10 heteroatoms. The fourth-order valence-corrected chi connectivity index (χ4v) is 2.09. The Morgan fingerprint density at radius 1 is 0.818 bits per heavy atom. The average molecular weight is 312 g/mol. The predicted octanol–water partition coefficient (Wildman–Crippen LogP) is -2.92. The summed E-state index contributed by atoms with van der Waals surface area (Å²) in [6, 6.07) is -1.09. The summed E-state index contributed by atoms with van der Waals surface area (Å²) in [5, 5.41) is 5.41. The highest BCUT2D eigenvalue weighted by molar-refractivity contribution is 5.96. The molecule has 124 valence electrons. The first kappa shape index (κ1) is 17.5. The fraction of sp³-hybridized carbons (Fsp3) is 0.667. The van der Waals surface area contributed by atoms with Crippen LogP contribution in [-0.4, -0.2) is 48.9 Å². The third-order valence-corrected chi connectivity index (χ3v) is 3.16. The lowest BCUT2D eigenvalue weighted by atomic mass is 10.0. The second kappa shape index (κ2) is 8.70. The summed E-state index contributed by atoms with van der Waals surface area (Å²) in [6.45, 7) is 0.841. The molecule has 0 aromatic rings. The number of hydrogen-bond donors (Lipinski definition) is 6. The molecule has 1 aliphatic heterocycles. The van der Waals surface area contributed by atoms with Crippen molar-refractivity contribution in [3.63, 3.8) is 0 Å². The Hall–Kier alpha value is -2.52. The number of nitrogens with two attached hydrogens (primary N) is 4. The maximum atomic E-state index is 11.9. The van der Waals surface area contributed by atoms with Gasteiger partial charge in [-0.25, -0.2) is 0 Å². The van der Waals surface area contributed by atoms with E-state index in [0.717, 1.165) is 0 Å². The lowest BCUT2D eigenvalue weighted by molar-refractivity contribution is -0.137. The largest absolute Gasteiger partial charge is 0.370 e. The summed E-state index contributed by atoms with van der Waals surface area (Å²) < 4.78 is 0. The number of rotatable bonds is 8. The molecule has 2 unspecified atom stereocenters. The molecular formula is C12H24N8O2. The van der Waals surface area contributed by atoms with E-state index >= 15 is 0 Å². The molecule has 1 fully saturated rings. The van der Waals surface area contributed by atoms with E-state index in [0.29, 0.717) is 38.8 Å². The topological polar surface area (TPSA) is 187 Å². The SMILES string of the molecule is NC(N)=NCCCC1NC(=O)C(CCCN=C(N)N)NC1=O. The van der Waals surface area contributed by atoms with Crippen molar-refractivity contribution < 1.29 is 9.59 Å². The van der Waals surface area contributed by atoms with Crippen LogP contribution in [0.1, 0.15) is 25.7 Å². The van der Waals surface area contributed by atoms with Crippen molar-refractivity contribution in [2.75, 3.05) is 13.1 Å². The summed E-state index contributed by atoms with van der Waals surface area (Å²) in [6.07, 6.45) is 2.17. The minimum atomic E-state index is -0.546. The zero-order chi connectivity index (χ0) is 16.5. The van der Waals surface area contributed by atoms with E-state index in [2.05, 4.69) is 20.6 Å². The highest BCUT2D eigenvalue weighted by Gasteiger charge is 2.32. The Kier molecular flexibility index (Phi) is 6.93. The van der Waals surface area contributed by atoms with Crippen LogP contribution in [0.3, 0.4) is 0 Å². The van der Waals surface area contributed by atoms with Crippen molar-refractivity contribution in [2.24, 2.45) is 32.9 Å². The van der Waals surface area contributed by atoms with Crippen LogP contribution in [0.2, 0.25) is 0 Å². The summed E-state index contributed by atoms with van der Waals surface area (Å²) in [4.78, 5) is 31.5. The van der Waals surface area contributed by atoms with Gasteiger partial charge in [-0.15, -0.1) is 0 Å². The molecule has 0 radical (unpaired) electrons. The molecule has 10 N–H and O–H groups in total. The van der Waals surface area contributed by atoms with Gasteiger partial charge in [0.05, 0.1) is 0 Å². The van der Waals surface area contributed by atoms with E-state index < -0.39 is 12.1 Å². The van der Waals surface area contributed by atoms with Crippen molar-refractivity contribution in [2.45, 2.75) is 37.8 Å². The van der Waals surface area contributed by atoms with E-state index in [1.807, 2.05) is 0 Å². The average Bonchev–Trinajstić information content (AvgIpc) is 2.43. The minimum absolute atomic E-state index is 0.0120. The summed E-state index contributed by atoms with van der Waals surface area (Å²) in [5.41, 5.74) is 20.8. The second-order valence-electron chi connectivity index (χ2n) is 5.02. The Labute approximate surface area is 128 Å². The van der Waals surface area contributed by atoms with Crippen LogP contribution in [0.15, 0.2) is 9.98 Å². The van der Waals surface area contributed by atoms with Crippen LogP contribution in [0.25, 0.3) is 0 Å². The fourth-order valence-electron chi connectivity index (χ4n) is 2.09. The Bertz CT molecular complexity index is 412. The van der Waals surface area contributed by atoms with Crippen molar-refractivity contribution in [3.05, 3.63) is 0 Å². The van der Waals surface area contributed by atoms with Crippen LogP contribution in [0.5, 0.6) is 0 Å². The van der Waals surface area contributed by atoms with Crippen LogP contribution in [0.4, 0.5) is 0 Å². The molecule has 2 amide bonds. The molecular weight excluding hydrogens is 288 g/mol. The maximum Gasteiger partial charge on any atom is 0.243 e. The first-order valence-corrected chi connectivity index (χ1v) is 7.11. The van der Waals surface area contributed by atoms with Gasteiger partial charge in [0.2, 0.25) is 11.8 Å². The van der Waals surface area contributed by atoms with Gasteiger partial charge in [0.15, 0.2) is 11.9 Å². The quantitative estimate of drug-likeness (QED) is 0.158. The van der Waals surface area contributed by atoms with E-state index in [1.165, 1.54) is 0 Å². The van der Waals surface area contributed by atoms with E-state index in [-0.39, 0.29) is 23.7 Å². The lowest BCUT2D eigenvalue weighted by Gasteiger charge is -2.29. The predicted molar refractivity (Wildman–Crippen MR) is 83.7 cm³/mol. The van der Waals surface area contributed by atoms with Crippen LogP contribution >= 0.6 is 0 Å². The molecule has 0 aliphatic carbocycles. The maximum absolute atomic E-state index is 11.9. The van der Waals surface area contributed by atoms with Gasteiger partial charge >= 0.3 is 0 Å². The van der Waals surface area contributed by atoms with Gasteiger partial charge in [-0.2, -0.15) is 0 Å². The number of aliphatic imine (C=N–C) groups is 2. The molecule has 0 aromatic heterocycles. The number of nitrogens with one attached hydrogen (secondary N) is 2. The molecule has 22 heavy (non-hydrogen) atoms. The molecule has 0 aromatic carbocycles. The Morgan fingerprint density at radius 2 is 1.18 bits per heavy atom. The Morgan fingerprint density at radius 3 is 1.50 bits per heavy atom. The molecule has 0 saturated carbocycles. The molecule has 0 spiro atoms. The van der Waals surface area contributed by atoms with Crippen molar-refractivity contribution >= 4 is 23.7 Å². The third-order valence-electron chi connectivity index (χ3n) is 3.16. The van der Waals surface area contributed by atoms with Gasteiger partial charge in [-0.3, -0.25) is 19.6 Å². The zero-order valence-electron chi connectivity index (χ0n) is 12.4. The molecule has 1 heterocycles. The monoisotopic (exact) mass is 312 g/mol. The summed E-state index contributed by atoms with van der Waals surface area (Å²) in [7, 11) is 0. The van der Waals surface area contributed by atoms with Crippen molar-refractivity contribution in [1.82, 2.24) is 10.6 Å². The summed E-state index contributed by atoms with van der Waals surface area (Å²) >= 11 is 0. The number of guanidine groups is 2. The van der Waals surface area contributed by atoms with Crippen molar-refractivity contribution in [1.29, 1.82) is 0 Å². The molecule has 1 rings (SSSR count). The second-order valence-corrected chi connectivity index (χ2v) is 5.02. The van der Waals surface area contributed by atoms with E-state index in [1.54, 1.807) is 0 Å². The van der Waals surface area contributed by atoms with Gasteiger partial charge in [0.1, 0.15) is 12.1 Å². The van der Waals surface area contributed by atoms with E-state index in [9.17, 15) is 9.59 Å². The van der Waals surface area contributed by atoms with Crippen molar-refractivity contribution in [3.8, 4) is 0 Å². The number of carbonyl (C=O) groups excluding carboxylic acids is 2. The normalized spacial score (nSPS) is 20.7. The van der Waals surface area contributed by atoms with Crippen LogP contribution in [0, 0.1) is 0 Å². The van der Waals surface area contributed by atoms with Gasteiger partial charge in [-0.05, 0) is 25.7 Å². The number of hydrogen-bond acceptors (Lipinski definition) is 4. The van der Waals surface area contributed by atoms with Crippen LogP contribution in [-0.2, 0) is 9.59 Å². The zero-order valence-corrected chi connectivity index (χ0v) is 12.4. The van der Waals surface area contributed by atoms with Gasteiger partial charge in [-0.1, -0.05) is 0 Å². The number of amides is 2. The standard InChI is InChI=1S/C12H24N8O2/c13-11(14)17-5-1-3-7-9(21)20-8(10(22)19-7)4-2-6-18-12(15)16/h7-8H,1-6H2,(H,19,22)(H,20,21)(H4,13,14,17)(H4,15,16,18). The highest BCUT2D eigenvalue weighted by atomic mass is 16.2. The highest BCUT2D eigenvalue weighted by Crippen LogP contribution is 2.08. The number of carbonyl (C=O) groups is 2. The smallest absolute Gasteiger partial charge is 0.243 e. The molecule has 1 aliphatic rings. The lowest BCUT2D eigenvalue weighted by Crippen LogP contribution is -2.61. The minimum Gasteiger partial charge on any atom is -0.370 e. The third kappa shape index (κ3) is 6.29. The number of nitrogens with zero attached hydrogens (tertiary/aromatic N) is 2. The number of piperazine rings is 1.